The summed E-state index contributed by atoms with van der Waals surface area (Å²) in [7, 11) is -3.28. The van der Waals surface area contributed by atoms with Crippen LogP contribution >= 0.6 is 0 Å². The maximum absolute atomic E-state index is 12.1. The first-order chi connectivity index (χ1) is 10.00. The van der Waals surface area contributed by atoms with Gasteiger partial charge in [-0.2, -0.15) is 0 Å². The van der Waals surface area contributed by atoms with Gasteiger partial charge in [0.05, 0.1) is 11.9 Å². The zero-order valence-electron chi connectivity index (χ0n) is 12.2. The van der Waals surface area contributed by atoms with Crippen LogP contribution in [0.4, 0.5) is 5.69 Å². The second-order valence-electron chi connectivity index (χ2n) is 5.18. The zero-order valence-corrected chi connectivity index (χ0v) is 13.0. The predicted octanol–water partition coefficient (Wildman–Crippen LogP) is 2.59. The molecule has 0 amide bonds. The van der Waals surface area contributed by atoms with Crippen LogP contribution in [0.15, 0.2) is 24.3 Å². The minimum absolute atomic E-state index is 0.0229. The van der Waals surface area contributed by atoms with Crippen LogP contribution in [-0.2, 0) is 14.8 Å². The Morgan fingerprint density at radius 2 is 2.05 bits per heavy atom. The number of ketones is 1. The first-order valence-electron chi connectivity index (χ1n) is 7.25. The molecule has 1 atom stereocenters. The second-order valence-corrected chi connectivity index (χ2v) is 7.19. The van der Waals surface area contributed by atoms with E-state index in [1.54, 1.807) is 31.2 Å². The van der Waals surface area contributed by atoms with E-state index in [4.69, 9.17) is 4.74 Å². The number of Topliss-reactive ketones (excluding diaryl/α,β-unsaturated/α-hetero) is 1. The number of hydrogen-bond acceptors (Lipinski definition) is 4. The van der Waals surface area contributed by atoms with Crippen LogP contribution < -0.4 is 4.72 Å². The molecule has 6 heteroatoms. The van der Waals surface area contributed by atoms with E-state index in [2.05, 4.69) is 4.72 Å². The molecule has 1 heterocycles. The molecule has 5 nitrogen and oxygen atoms in total. The van der Waals surface area contributed by atoms with E-state index >= 15 is 0 Å². The van der Waals surface area contributed by atoms with Crippen LogP contribution in [0.3, 0.4) is 0 Å². The average Bonchev–Trinajstić information content (AvgIpc) is 2.98. The van der Waals surface area contributed by atoms with Gasteiger partial charge in [-0.05, 0) is 50.5 Å². The number of sulfonamides is 1. The standard InChI is InChI=1S/C15H21NO4S/c1-2-21(18,19)16-13-7-5-12(6-8-13)15(17)10-9-14-4-3-11-20-14/h5-8,14,16H,2-4,9-11H2,1H3. The zero-order chi connectivity index (χ0) is 15.3. The van der Waals surface area contributed by atoms with Crippen molar-refractivity contribution in [2.75, 3.05) is 17.1 Å². The topological polar surface area (TPSA) is 72.5 Å². The molecule has 0 aliphatic carbocycles. The van der Waals surface area contributed by atoms with E-state index in [0.717, 1.165) is 25.9 Å². The van der Waals surface area contributed by atoms with Gasteiger partial charge in [-0.3, -0.25) is 9.52 Å². The number of hydrogen-bond donors (Lipinski definition) is 1. The first kappa shape index (κ1) is 16.0. The van der Waals surface area contributed by atoms with Gasteiger partial charge in [-0.1, -0.05) is 0 Å². The summed E-state index contributed by atoms with van der Waals surface area (Å²) in [6, 6.07) is 6.55. The molecular weight excluding hydrogens is 290 g/mol. The molecule has 116 valence electrons. The van der Waals surface area contributed by atoms with Crippen molar-refractivity contribution in [2.45, 2.75) is 38.7 Å². The summed E-state index contributed by atoms with van der Waals surface area (Å²) in [5.74, 6) is 0.0881. The maximum atomic E-state index is 12.1. The summed E-state index contributed by atoms with van der Waals surface area (Å²) in [4.78, 5) is 12.1. The van der Waals surface area contributed by atoms with Gasteiger partial charge in [0.2, 0.25) is 10.0 Å². The molecule has 0 saturated carbocycles. The highest BCUT2D eigenvalue weighted by Crippen LogP contribution is 2.19. The average molecular weight is 311 g/mol. The number of ether oxygens (including phenoxy) is 1. The highest BCUT2D eigenvalue weighted by Gasteiger charge is 2.17. The Labute approximate surface area is 125 Å². The van der Waals surface area contributed by atoms with Crippen molar-refractivity contribution < 1.29 is 17.9 Å². The van der Waals surface area contributed by atoms with E-state index < -0.39 is 10.0 Å². The van der Waals surface area contributed by atoms with Gasteiger partial charge in [-0.15, -0.1) is 0 Å². The van der Waals surface area contributed by atoms with Gasteiger partial charge in [0, 0.05) is 24.3 Å². The lowest BCUT2D eigenvalue weighted by Gasteiger charge is -2.09. The highest BCUT2D eigenvalue weighted by molar-refractivity contribution is 7.92. The van der Waals surface area contributed by atoms with Crippen molar-refractivity contribution >= 4 is 21.5 Å². The largest absolute Gasteiger partial charge is 0.378 e. The van der Waals surface area contributed by atoms with Gasteiger partial charge < -0.3 is 4.74 Å². The Hall–Kier alpha value is -1.40. The van der Waals surface area contributed by atoms with Crippen LogP contribution in [0.5, 0.6) is 0 Å². The van der Waals surface area contributed by atoms with E-state index in [1.807, 2.05) is 0 Å². The van der Waals surface area contributed by atoms with Gasteiger partial charge in [0.1, 0.15) is 0 Å². The maximum Gasteiger partial charge on any atom is 0.232 e. The molecule has 2 rings (SSSR count). The van der Waals surface area contributed by atoms with Crippen molar-refractivity contribution in [1.29, 1.82) is 0 Å². The Bertz CT molecular complexity index is 574. The first-order valence-corrected chi connectivity index (χ1v) is 8.91. The van der Waals surface area contributed by atoms with Crippen LogP contribution in [0.25, 0.3) is 0 Å². The molecular formula is C15H21NO4S. The summed E-state index contributed by atoms with van der Waals surface area (Å²) in [6.45, 7) is 2.37. The summed E-state index contributed by atoms with van der Waals surface area (Å²) >= 11 is 0. The summed E-state index contributed by atoms with van der Waals surface area (Å²) in [5, 5.41) is 0. The van der Waals surface area contributed by atoms with Crippen LogP contribution in [0.2, 0.25) is 0 Å². The Kier molecular flexibility index (Phi) is 5.36. The van der Waals surface area contributed by atoms with E-state index in [0.29, 0.717) is 17.7 Å². The van der Waals surface area contributed by atoms with E-state index in [-0.39, 0.29) is 17.6 Å². The minimum atomic E-state index is -3.28. The molecule has 0 spiro atoms. The number of nitrogens with one attached hydrogen (secondary N) is 1. The summed E-state index contributed by atoms with van der Waals surface area (Å²) < 4.78 is 30.8. The quantitative estimate of drug-likeness (QED) is 0.786. The molecule has 1 aliphatic heterocycles. The fourth-order valence-corrected chi connectivity index (χ4v) is 2.92. The Morgan fingerprint density at radius 3 is 2.62 bits per heavy atom. The van der Waals surface area contributed by atoms with Crippen LogP contribution in [0, 0.1) is 0 Å². The second kappa shape index (κ2) is 7.04. The van der Waals surface area contributed by atoms with Crippen molar-refractivity contribution in [3.8, 4) is 0 Å². The van der Waals surface area contributed by atoms with Gasteiger partial charge in [-0.25, -0.2) is 8.42 Å². The molecule has 1 aromatic carbocycles. The van der Waals surface area contributed by atoms with Crippen LogP contribution in [-0.4, -0.2) is 32.7 Å². The normalized spacial score (nSPS) is 18.6. The SMILES string of the molecule is CCS(=O)(=O)Nc1ccc(C(=O)CCC2CCCO2)cc1. The minimum Gasteiger partial charge on any atom is -0.378 e. The third kappa shape index (κ3) is 4.82. The van der Waals surface area contributed by atoms with Crippen molar-refractivity contribution in [1.82, 2.24) is 0 Å². The van der Waals surface area contributed by atoms with Crippen molar-refractivity contribution in [2.24, 2.45) is 0 Å². The smallest absolute Gasteiger partial charge is 0.232 e. The molecule has 1 unspecified atom stereocenters. The molecule has 21 heavy (non-hydrogen) atoms. The highest BCUT2D eigenvalue weighted by atomic mass is 32.2. The van der Waals surface area contributed by atoms with Crippen molar-refractivity contribution in [3.63, 3.8) is 0 Å². The molecule has 1 aromatic rings. The Morgan fingerprint density at radius 1 is 1.33 bits per heavy atom. The van der Waals surface area contributed by atoms with Crippen LogP contribution in [0.1, 0.15) is 43.0 Å². The number of carbonyl (C=O) groups is 1. The third-order valence-corrected chi connectivity index (χ3v) is 4.88. The molecule has 1 aliphatic rings. The fourth-order valence-electron chi connectivity index (χ4n) is 2.28. The van der Waals surface area contributed by atoms with Gasteiger partial charge >= 0.3 is 0 Å². The predicted molar refractivity (Wildman–Crippen MR) is 82.1 cm³/mol. The number of anilines is 1. The number of rotatable bonds is 7. The summed E-state index contributed by atoms with van der Waals surface area (Å²) in [5.41, 5.74) is 1.08. The molecule has 1 fully saturated rings. The third-order valence-electron chi connectivity index (χ3n) is 3.58. The van der Waals surface area contributed by atoms with Crippen molar-refractivity contribution in [3.05, 3.63) is 29.8 Å². The lowest BCUT2D eigenvalue weighted by Crippen LogP contribution is -2.14. The summed E-state index contributed by atoms with van der Waals surface area (Å²) in [6.07, 6.45) is 3.54. The molecule has 0 aromatic heterocycles. The molecule has 1 saturated heterocycles. The lowest BCUT2D eigenvalue weighted by atomic mass is 10.0. The van der Waals surface area contributed by atoms with E-state index in [9.17, 15) is 13.2 Å². The number of carbonyl (C=O) groups excluding carboxylic acids is 1. The monoisotopic (exact) mass is 311 g/mol. The molecule has 0 bridgehead atoms. The fraction of sp³-hybridized carbons (Fsp3) is 0.533. The van der Waals surface area contributed by atoms with E-state index in [1.165, 1.54) is 0 Å². The molecule has 1 N–H and O–H groups in total. The lowest BCUT2D eigenvalue weighted by molar-refractivity contribution is 0.0859. The number of benzene rings is 1. The Balaban J connectivity index is 1.90. The van der Waals surface area contributed by atoms with Gasteiger partial charge in [0.25, 0.3) is 0 Å². The van der Waals surface area contributed by atoms with Gasteiger partial charge in [0.15, 0.2) is 5.78 Å². The molecule has 0 radical (unpaired) electrons.